The summed E-state index contributed by atoms with van der Waals surface area (Å²) in [5, 5.41) is 11.8. The third-order valence-electron chi connectivity index (χ3n) is 3.33. The molecule has 0 saturated carbocycles. The number of aliphatic hydroxyl groups excluding tert-OH is 1. The number of carbonyl (C=O) groups excluding carboxylic acids is 1. The van der Waals surface area contributed by atoms with Crippen LogP contribution in [0.15, 0.2) is 36.7 Å². The largest absolute Gasteiger partial charge is 0.386 e. The van der Waals surface area contributed by atoms with Crippen molar-refractivity contribution in [1.29, 1.82) is 0 Å². The maximum absolute atomic E-state index is 13.0. The molecular formula is C15H15F3N4O2. The second kappa shape index (κ2) is 7.73. The third-order valence-corrected chi connectivity index (χ3v) is 3.33. The topological polar surface area (TPSA) is 101 Å². The molecule has 0 aliphatic rings. The predicted octanol–water partition coefficient (Wildman–Crippen LogP) is 1.48. The van der Waals surface area contributed by atoms with E-state index in [0.717, 1.165) is 5.56 Å². The number of hydrogen-bond donors (Lipinski definition) is 3. The molecule has 1 aromatic heterocycles. The molecular weight excluding hydrogens is 325 g/mol. The number of nitrogen functional groups attached to an aromatic ring is 1. The van der Waals surface area contributed by atoms with Crippen LogP contribution in [0.3, 0.4) is 0 Å². The second-order valence-electron chi connectivity index (χ2n) is 4.97. The Morgan fingerprint density at radius 3 is 2.25 bits per heavy atom. The van der Waals surface area contributed by atoms with Gasteiger partial charge >= 0.3 is 6.43 Å². The molecule has 1 heterocycles. The summed E-state index contributed by atoms with van der Waals surface area (Å²) in [5.74, 6) is -1.50. The molecule has 1 aromatic carbocycles. The summed E-state index contributed by atoms with van der Waals surface area (Å²) in [6.45, 7) is -1.19. The molecule has 0 aliphatic carbocycles. The van der Waals surface area contributed by atoms with Gasteiger partial charge in [-0.2, -0.15) is 8.78 Å². The number of anilines is 1. The van der Waals surface area contributed by atoms with Crippen LogP contribution in [0.1, 0.15) is 11.7 Å². The lowest BCUT2D eigenvalue weighted by Crippen LogP contribution is -2.43. The standard InChI is InChI=1S/C15H15F3N4O2/c16-5-11(22-14(24)13(17)18)12(23)9-3-1-8(2-4-9)10-6-20-15(19)21-7-10/h1-4,6-7,11-13,23H,5H2,(H,22,24)(H2,19,20,21)/t11-,12-/m1/s1. The quantitative estimate of drug-likeness (QED) is 0.739. The average Bonchev–Trinajstić information content (AvgIpc) is 2.59. The Kier molecular flexibility index (Phi) is 5.69. The van der Waals surface area contributed by atoms with Gasteiger partial charge in [0.05, 0.1) is 6.04 Å². The minimum absolute atomic E-state index is 0.131. The van der Waals surface area contributed by atoms with E-state index in [1.165, 1.54) is 24.5 Å². The van der Waals surface area contributed by atoms with Gasteiger partial charge in [-0.25, -0.2) is 14.4 Å². The lowest BCUT2D eigenvalue weighted by Gasteiger charge is -2.21. The first kappa shape index (κ1) is 17.7. The van der Waals surface area contributed by atoms with Crippen LogP contribution < -0.4 is 11.1 Å². The van der Waals surface area contributed by atoms with Crippen LogP contribution in [0.25, 0.3) is 11.1 Å². The zero-order valence-electron chi connectivity index (χ0n) is 12.4. The van der Waals surface area contributed by atoms with E-state index in [0.29, 0.717) is 5.56 Å². The molecule has 2 atom stereocenters. The number of carbonyl (C=O) groups is 1. The van der Waals surface area contributed by atoms with Crippen LogP contribution in [0.4, 0.5) is 19.1 Å². The Hall–Kier alpha value is -2.68. The van der Waals surface area contributed by atoms with Crippen LogP contribution >= 0.6 is 0 Å². The summed E-state index contributed by atoms with van der Waals surface area (Å²) in [6.07, 6.45) is -1.71. The number of aromatic nitrogens is 2. The van der Waals surface area contributed by atoms with Crippen LogP contribution in [0.2, 0.25) is 0 Å². The van der Waals surface area contributed by atoms with Gasteiger partial charge < -0.3 is 16.2 Å². The molecule has 9 heteroatoms. The maximum atomic E-state index is 13.0. The summed E-state index contributed by atoms with van der Waals surface area (Å²) in [4.78, 5) is 18.7. The molecule has 0 bridgehead atoms. The number of nitrogens with zero attached hydrogens (tertiary/aromatic N) is 2. The first-order chi connectivity index (χ1) is 11.4. The van der Waals surface area contributed by atoms with Crippen LogP contribution in [-0.2, 0) is 4.79 Å². The molecule has 2 rings (SSSR count). The second-order valence-corrected chi connectivity index (χ2v) is 4.97. The van der Waals surface area contributed by atoms with Crippen molar-refractivity contribution in [3.63, 3.8) is 0 Å². The highest BCUT2D eigenvalue weighted by atomic mass is 19.3. The number of halogens is 3. The van der Waals surface area contributed by atoms with Gasteiger partial charge in [-0.15, -0.1) is 0 Å². The zero-order valence-corrected chi connectivity index (χ0v) is 12.4. The van der Waals surface area contributed by atoms with E-state index < -0.39 is 31.2 Å². The molecule has 4 N–H and O–H groups in total. The Morgan fingerprint density at radius 2 is 1.75 bits per heavy atom. The van der Waals surface area contributed by atoms with E-state index in [-0.39, 0.29) is 11.5 Å². The van der Waals surface area contributed by atoms with Gasteiger partial charge in [0.2, 0.25) is 5.95 Å². The molecule has 0 spiro atoms. The van der Waals surface area contributed by atoms with Gasteiger partial charge in [0.1, 0.15) is 12.8 Å². The Labute approximate surface area is 135 Å². The van der Waals surface area contributed by atoms with Gasteiger partial charge in [0.15, 0.2) is 0 Å². The molecule has 6 nitrogen and oxygen atoms in total. The smallest absolute Gasteiger partial charge is 0.315 e. The highest BCUT2D eigenvalue weighted by Crippen LogP contribution is 2.23. The van der Waals surface area contributed by atoms with Gasteiger partial charge in [0, 0.05) is 18.0 Å². The molecule has 0 aliphatic heterocycles. The van der Waals surface area contributed by atoms with Crippen LogP contribution in [0, 0.1) is 0 Å². The third kappa shape index (κ3) is 4.19. The van der Waals surface area contributed by atoms with E-state index in [1.54, 1.807) is 17.4 Å². The Morgan fingerprint density at radius 1 is 1.17 bits per heavy atom. The van der Waals surface area contributed by atoms with Crippen molar-refractivity contribution in [1.82, 2.24) is 15.3 Å². The summed E-state index contributed by atoms with van der Waals surface area (Å²) >= 11 is 0. The van der Waals surface area contributed by atoms with Gasteiger partial charge in [-0.3, -0.25) is 4.79 Å². The highest BCUT2D eigenvalue weighted by Gasteiger charge is 2.26. The van der Waals surface area contributed by atoms with E-state index in [4.69, 9.17) is 5.73 Å². The number of nitrogens with one attached hydrogen (secondary N) is 1. The highest BCUT2D eigenvalue weighted by molar-refractivity contribution is 5.79. The summed E-state index contributed by atoms with van der Waals surface area (Å²) < 4.78 is 37.4. The summed E-state index contributed by atoms with van der Waals surface area (Å²) in [5.41, 5.74) is 7.07. The van der Waals surface area contributed by atoms with E-state index in [9.17, 15) is 23.1 Å². The molecule has 1 amide bonds. The monoisotopic (exact) mass is 340 g/mol. The average molecular weight is 340 g/mol. The minimum Gasteiger partial charge on any atom is -0.386 e. The fourth-order valence-corrected chi connectivity index (χ4v) is 2.04. The number of aliphatic hydroxyl groups is 1. The number of benzene rings is 1. The van der Waals surface area contributed by atoms with Gasteiger partial charge in [0.25, 0.3) is 5.91 Å². The number of nitrogens with two attached hydrogens (primary N) is 1. The summed E-state index contributed by atoms with van der Waals surface area (Å²) in [7, 11) is 0. The first-order valence-corrected chi connectivity index (χ1v) is 6.92. The molecule has 2 aromatic rings. The molecule has 0 radical (unpaired) electrons. The van der Waals surface area contributed by atoms with Crippen molar-refractivity contribution in [2.24, 2.45) is 0 Å². The molecule has 0 saturated heterocycles. The van der Waals surface area contributed by atoms with E-state index in [2.05, 4.69) is 9.97 Å². The fourth-order valence-electron chi connectivity index (χ4n) is 2.04. The lowest BCUT2D eigenvalue weighted by molar-refractivity contribution is -0.133. The molecule has 128 valence electrons. The molecule has 24 heavy (non-hydrogen) atoms. The zero-order chi connectivity index (χ0) is 17.7. The SMILES string of the molecule is Nc1ncc(-c2ccc([C@@H](O)[C@@H](CF)NC(=O)C(F)F)cc2)cn1. The van der Waals surface area contributed by atoms with Crippen LogP contribution in [-0.4, -0.2) is 40.1 Å². The first-order valence-electron chi connectivity index (χ1n) is 6.92. The van der Waals surface area contributed by atoms with Gasteiger partial charge in [-0.1, -0.05) is 24.3 Å². The number of hydrogen-bond acceptors (Lipinski definition) is 5. The summed E-state index contributed by atoms with van der Waals surface area (Å²) in [6, 6.07) is 4.77. The normalized spacial score (nSPS) is 13.5. The number of amides is 1. The van der Waals surface area contributed by atoms with Crippen molar-refractivity contribution >= 4 is 11.9 Å². The van der Waals surface area contributed by atoms with Crippen molar-refractivity contribution in [2.75, 3.05) is 12.4 Å². The van der Waals surface area contributed by atoms with Crippen molar-refractivity contribution in [3.05, 3.63) is 42.2 Å². The molecule has 0 fully saturated rings. The van der Waals surface area contributed by atoms with E-state index in [1.807, 2.05) is 0 Å². The van der Waals surface area contributed by atoms with Gasteiger partial charge in [-0.05, 0) is 11.1 Å². The Balaban J connectivity index is 2.13. The lowest BCUT2D eigenvalue weighted by atomic mass is 10.00. The van der Waals surface area contributed by atoms with Crippen LogP contribution in [0.5, 0.6) is 0 Å². The van der Waals surface area contributed by atoms with E-state index >= 15 is 0 Å². The fraction of sp³-hybridized carbons (Fsp3) is 0.267. The van der Waals surface area contributed by atoms with Crippen molar-refractivity contribution < 1.29 is 23.1 Å². The Bertz CT molecular complexity index is 680. The maximum Gasteiger partial charge on any atom is 0.315 e. The predicted molar refractivity (Wildman–Crippen MR) is 80.7 cm³/mol. The van der Waals surface area contributed by atoms with Crippen molar-refractivity contribution in [2.45, 2.75) is 18.6 Å². The minimum atomic E-state index is -3.28. The number of rotatable bonds is 6. The van der Waals surface area contributed by atoms with Crippen molar-refractivity contribution in [3.8, 4) is 11.1 Å². The number of alkyl halides is 3. The molecule has 0 unspecified atom stereocenters.